The van der Waals surface area contributed by atoms with Crippen molar-refractivity contribution in [2.75, 3.05) is 20.3 Å². The highest BCUT2D eigenvalue weighted by atomic mass is 32.2. The number of ether oxygens (including phenoxy) is 1. The second kappa shape index (κ2) is 7.39. The van der Waals surface area contributed by atoms with Crippen molar-refractivity contribution in [1.82, 2.24) is 10.0 Å². The Morgan fingerprint density at radius 1 is 1.43 bits per heavy atom. The van der Waals surface area contributed by atoms with Crippen LogP contribution >= 0.6 is 0 Å². The largest absolute Gasteiger partial charge is 0.495 e. The monoisotopic (exact) mass is 316 g/mol. The van der Waals surface area contributed by atoms with E-state index in [9.17, 15) is 13.2 Å². The molecule has 0 saturated heterocycles. The predicted molar refractivity (Wildman–Crippen MR) is 77.6 cm³/mol. The van der Waals surface area contributed by atoms with E-state index < -0.39 is 22.0 Å². The fourth-order valence-corrected chi connectivity index (χ4v) is 3.13. The Bertz CT molecular complexity index is 601. The Kier molecular flexibility index (Phi) is 6.13. The molecule has 1 aromatic rings. The number of amides is 1. The number of hydrogen-bond acceptors (Lipinski definition) is 5. The number of carbonyl (C=O) groups is 1. The van der Waals surface area contributed by atoms with Gasteiger partial charge in [-0.1, -0.05) is 6.07 Å². The van der Waals surface area contributed by atoms with Crippen molar-refractivity contribution >= 4 is 15.9 Å². The molecule has 0 aliphatic rings. The molecule has 0 aliphatic carbocycles. The number of rotatable bonds is 7. The number of benzene rings is 1. The van der Waals surface area contributed by atoms with Crippen LogP contribution in [0.1, 0.15) is 12.5 Å². The van der Waals surface area contributed by atoms with Crippen molar-refractivity contribution in [2.24, 2.45) is 0 Å². The highest BCUT2D eigenvalue weighted by molar-refractivity contribution is 7.89. The number of nitrogens with one attached hydrogen (secondary N) is 2. The van der Waals surface area contributed by atoms with Crippen molar-refractivity contribution in [3.05, 3.63) is 23.8 Å². The van der Waals surface area contributed by atoms with Gasteiger partial charge in [0.2, 0.25) is 15.9 Å². The summed E-state index contributed by atoms with van der Waals surface area (Å²) < 4.78 is 32.0. The van der Waals surface area contributed by atoms with Crippen LogP contribution in [-0.2, 0) is 14.8 Å². The summed E-state index contributed by atoms with van der Waals surface area (Å²) >= 11 is 0. The Labute approximate surface area is 124 Å². The molecule has 118 valence electrons. The zero-order chi connectivity index (χ0) is 16.0. The lowest BCUT2D eigenvalue weighted by Crippen LogP contribution is -2.45. The number of methoxy groups -OCH3 is 1. The molecule has 0 unspecified atom stereocenters. The molecule has 0 heterocycles. The number of carbonyl (C=O) groups excluding carboxylic acids is 1. The molecule has 0 fully saturated rings. The maximum absolute atomic E-state index is 12.3. The SMILES string of the molecule is COc1ccc(C)cc1S(=O)(=O)N[C@@H](C)C(=O)NCCO. The number of aliphatic hydroxyl groups is 1. The third kappa shape index (κ3) is 4.69. The maximum atomic E-state index is 12.3. The smallest absolute Gasteiger partial charge is 0.244 e. The molecular formula is C13H20N2O5S. The fourth-order valence-electron chi connectivity index (χ4n) is 1.68. The Morgan fingerprint density at radius 3 is 2.67 bits per heavy atom. The zero-order valence-electron chi connectivity index (χ0n) is 12.2. The van der Waals surface area contributed by atoms with Gasteiger partial charge in [0.25, 0.3) is 0 Å². The standard InChI is InChI=1S/C13H20N2O5S/c1-9-4-5-11(20-3)12(8-9)21(18,19)15-10(2)13(17)14-6-7-16/h4-5,8,10,15-16H,6-7H2,1-3H3,(H,14,17)/t10-/m0/s1. The summed E-state index contributed by atoms with van der Waals surface area (Å²) in [6, 6.07) is 3.79. The first kappa shape index (κ1) is 17.4. The number of hydrogen-bond donors (Lipinski definition) is 3. The van der Waals surface area contributed by atoms with Gasteiger partial charge in [0.15, 0.2) is 0 Å². The maximum Gasteiger partial charge on any atom is 0.244 e. The van der Waals surface area contributed by atoms with Gasteiger partial charge in [-0.3, -0.25) is 4.79 Å². The lowest BCUT2D eigenvalue weighted by atomic mass is 10.2. The topological polar surface area (TPSA) is 105 Å². The van der Waals surface area contributed by atoms with Gasteiger partial charge in [0, 0.05) is 6.54 Å². The highest BCUT2D eigenvalue weighted by Crippen LogP contribution is 2.24. The summed E-state index contributed by atoms with van der Waals surface area (Å²) in [7, 11) is -2.52. The summed E-state index contributed by atoms with van der Waals surface area (Å²) in [4.78, 5) is 11.6. The minimum atomic E-state index is -3.89. The predicted octanol–water partition coefficient (Wildman–Crippen LogP) is -0.221. The lowest BCUT2D eigenvalue weighted by Gasteiger charge is -2.16. The van der Waals surface area contributed by atoms with Crippen LogP contribution in [0.2, 0.25) is 0 Å². The summed E-state index contributed by atoms with van der Waals surface area (Å²) in [5.41, 5.74) is 0.758. The Morgan fingerprint density at radius 2 is 2.10 bits per heavy atom. The van der Waals surface area contributed by atoms with E-state index in [-0.39, 0.29) is 23.8 Å². The molecular weight excluding hydrogens is 296 g/mol. The van der Waals surface area contributed by atoms with Gasteiger partial charge in [-0.25, -0.2) is 8.42 Å². The third-order valence-corrected chi connectivity index (χ3v) is 4.31. The summed E-state index contributed by atoms with van der Waals surface area (Å²) in [6.07, 6.45) is 0. The van der Waals surface area contributed by atoms with Gasteiger partial charge >= 0.3 is 0 Å². The van der Waals surface area contributed by atoms with Crippen LogP contribution in [0.5, 0.6) is 5.75 Å². The van der Waals surface area contributed by atoms with E-state index in [4.69, 9.17) is 9.84 Å². The minimum absolute atomic E-state index is 0.0215. The summed E-state index contributed by atoms with van der Waals surface area (Å²) in [6.45, 7) is 3.04. The van der Waals surface area contributed by atoms with Crippen LogP contribution < -0.4 is 14.8 Å². The van der Waals surface area contributed by atoms with Crippen LogP contribution in [0.4, 0.5) is 0 Å². The number of aryl methyl sites for hydroxylation is 1. The van der Waals surface area contributed by atoms with E-state index in [1.54, 1.807) is 19.1 Å². The van der Waals surface area contributed by atoms with Gasteiger partial charge in [-0.05, 0) is 31.5 Å². The molecule has 0 saturated carbocycles. The highest BCUT2D eigenvalue weighted by Gasteiger charge is 2.24. The molecule has 21 heavy (non-hydrogen) atoms. The van der Waals surface area contributed by atoms with Crippen LogP contribution in [0.3, 0.4) is 0 Å². The van der Waals surface area contributed by atoms with E-state index in [0.717, 1.165) is 5.56 Å². The van der Waals surface area contributed by atoms with E-state index in [1.807, 2.05) is 0 Å². The molecule has 1 atom stereocenters. The number of aliphatic hydroxyl groups excluding tert-OH is 1. The van der Waals surface area contributed by atoms with Gasteiger partial charge in [0.05, 0.1) is 19.8 Å². The molecule has 0 aromatic heterocycles. The van der Waals surface area contributed by atoms with Crippen molar-refractivity contribution in [3.63, 3.8) is 0 Å². The molecule has 0 spiro atoms. The van der Waals surface area contributed by atoms with Crippen molar-refractivity contribution in [1.29, 1.82) is 0 Å². The van der Waals surface area contributed by atoms with Crippen LogP contribution in [0, 0.1) is 6.92 Å². The second-order valence-corrected chi connectivity index (χ2v) is 6.19. The lowest BCUT2D eigenvalue weighted by molar-refractivity contribution is -0.122. The van der Waals surface area contributed by atoms with Crippen LogP contribution in [0.15, 0.2) is 23.1 Å². The zero-order valence-corrected chi connectivity index (χ0v) is 13.0. The Balaban J connectivity index is 2.96. The van der Waals surface area contributed by atoms with Crippen LogP contribution in [0.25, 0.3) is 0 Å². The first-order valence-corrected chi connectivity index (χ1v) is 7.85. The minimum Gasteiger partial charge on any atom is -0.495 e. The average Bonchev–Trinajstić information content (AvgIpc) is 2.44. The molecule has 3 N–H and O–H groups in total. The fraction of sp³-hybridized carbons (Fsp3) is 0.462. The van der Waals surface area contributed by atoms with E-state index >= 15 is 0 Å². The molecule has 0 aliphatic heterocycles. The van der Waals surface area contributed by atoms with Crippen molar-refractivity contribution in [3.8, 4) is 5.75 Å². The average molecular weight is 316 g/mol. The molecule has 0 bridgehead atoms. The second-order valence-electron chi connectivity index (χ2n) is 4.51. The normalized spacial score (nSPS) is 12.8. The third-order valence-electron chi connectivity index (χ3n) is 2.74. The number of sulfonamides is 1. The van der Waals surface area contributed by atoms with E-state index in [0.29, 0.717) is 0 Å². The van der Waals surface area contributed by atoms with Crippen LogP contribution in [-0.4, -0.2) is 45.7 Å². The molecule has 7 nitrogen and oxygen atoms in total. The summed E-state index contributed by atoms with van der Waals surface area (Å²) in [5.74, 6) is -0.310. The van der Waals surface area contributed by atoms with Gasteiger partial charge in [0.1, 0.15) is 10.6 Å². The molecule has 8 heteroatoms. The molecule has 1 amide bonds. The van der Waals surface area contributed by atoms with Crippen molar-refractivity contribution in [2.45, 2.75) is 24.8 Å². The molecule has 1 rings (SSSR count). The molecule has 0 radical (unpaired) electrons. The van der Waals surface area contributed by atoms with Gasteiger partial charge in [-0.2, -0.15) is 4.72 Å². The van der Waals surface area contributed by atoms with E-state index in [2.05, 4.69) is 10.0 Å². The molecule has 1 aromatic carbocycles. The van der Waals surface area contributed by atoms with Gasteiger partial charge < -0.3 is 15.2 Å². The quantitative estimate of drug-likeness (QED) is 0.645. The van der Waals surface area contributed by atoms with Gasteiger partial charge in [-0.15, -0.1) is 0 Å². The summed E-state index contributed by atoms with van der Waals surface area (Å²) in [5, 5.41) is 11.0. The Hall–Kier alpha value is -1.64. The van der Waals surface area contributed by atoms with Crippen molar-refractivity contribution < 1.29 is 23.1 Å². The first-order valence-electron chi connectivity index (χ1n) is 6.37. The van der Waals surface area contributed by atoms with E-state index in [1.165, 1.54) is 20.1 Å². The first-order chi connectivity index (χ1) is 9.81.